The Kier molecular flexibility index (Phi) is 3.51. The van der Waals surface area contributed by atoms with Gasteiger partial charge in [-0.25, -0.2) is 0 Å². The van der Waals surface area contributed by atoms with Crippen molar-refractivity contribution in [1.82, 2.24) is 4.98 Å². The van der Waals surface area contributed by atoms with Crippen LogP contribution in [-0.4, -0.2) is 4.98 Å². The summed E-state index contributed by atoms with van der Waals surface area (Å²) in [6.45, 7) is 0. The second-order valence-corrected chi connectivity index (χ2v) is 7.34. The fourth-order valence-electron chi connectivity index (χ4n) is 3.25. The monoisotopic (exact) mass is 358 g/mol. The van der Waals surface area contributed by atoms with Gasteiger partial charge in [-0.1, -0.05) is 36.4 Å². The van der Waals surface area contributed by atoms with E-state index < -0.39 is 0 Å². The van der Waals surface area contributed by atoms with Crippen molar-refractivity contribution in [3.05, 3.63) is 82.4 Å². The number of anilines is 3. The van der Waals surface area contributed by atoms with Gasteiger partial charge in [-0.2, -0.15) is 0 Å². The molecule has 1 aromatic rings. The normalized spacial score (nSPS) is 11.2. The van der Waals surface area contributed by atoms with Gasteiger partial charge in [0.2, 0.25) is 0 Å². The van der Waals surface area contributed by atoms with E-state index in [1.807, 2.05) is 18.5 Å². The fraction of sp³-hybridized carbons (Fsp3) is 0. The molecule has 5 rings (SSSR count). The van der Waals surface area contributed by atoms with Crippen LogP contribution in [0.25, 0.3) is 22.3 Å². The predicted octanol–water partition coefficient (Wildman–Crippen LogP) is 6.88. The van der Waals surface area contributed by atoms with E-state index >= 15 is 0 Å². The van der Waals surface area contributed by atoms with Crippen molar-refractivity contribution in [3.8, 4) is 22.3 Å². The molecule has 0 atom stereocenters. The summed E-state index contributed by atoms with van der Waals surface area (Å²) in [6, 6.07) is 17.1. The maximum atomic E-state index is 4.36. The zero-order valence-corrected chi connectivity index (χ0v) is 14.9. The molecule has 0 bridgehead atoms. The summed E-state index contributed by atoms with van der Waals surface area (Å²) in [4.78, 5) is 6.68. The van der Waals surface area contributed by atoms with Crippen molar-refractivity contribution in [3.63, 3.8) is 0 Å². The van der Waals surface area contributed by atoms with Crippen LogP contribution < -0.4 is 4.90 Å². The lowest BCUT2D eigenvalue weighted by molar-refractivity contribution is 1.24. The molecule has 0 fully saturated rings. The van der Waals surface area contributed by atoms with Gasteiger partial charge < -0.3 is 4.90 Å². The summed E-state index contributed by atoms with van der Waals surface area (Å²) in [7, 11) is 0. The molecule has 2 aliphatic heterocycles. The molecule has 2 nitrogen and oxygen atoms in total. The molecule has 0 unspecified atom stereocenters. The summed E-state index contributed by atoms with van der Waals surface area (Å²) in [6.07, 6.45) is 3.75. The SMILES string of the molecule is c1cncc(N(c2cscc3cccc2-3)c2cscc3cccc2-3)c1. The Morgan fingerprint density at radius 3 is 1.88 bits per heavy atom. The lowest BCUT2D eigenvalue weighted by atomic mass is 10.1. The van der Waals surface area contributed by atoms with E-state index in [9.17, 15) is 0 Å². The summed E-state index contributed by atoms with van der Waals surface area (Å²) in [5, 5.41) is 8.85. The third-order valence-corrected chi connectivity index (χ3v) is 5.89. The lowest BCUT2D eigenvalue weighted by Crippen LogP contribution is -2.11. The molecule has 1 aromatic heterocycles. The molecule has 25 heavy (non-hydrogen) atoms. The van der Waals surface area contributed by atoms with E-state index in [4.69, 9.17) is 0 Å². The highest BCUT2D eigenvalue weighted by Gasteiger charge is 2.22. The maximum Gasteiger partial charge on any atom is 0.0646 e. The molecule has 0 spiro atoms. The number of nitrogens with zero attached hydrogens (tertiary/aromatic N) is 2. The minimum absolute atomic E-state index is 1.07. The Labute approximate surface area is 154 Å². The van der Waals surface area contributed by atoms with Gasteiger partial charge in [-0.15, -0.1) is 22.7 Å². The van der Waals surface area contributed by atoms with Crippen LogP contribution in [0.1, 0.15) is 0 Å². The molecular weight excluding hydrogens is 344 g/mol. The van der Waals surface area contributed by atoms with Crippen LogP contribution in [0, 0.1) is 0 Å². The first-order valence-electron chi connectivity index (χ1n) is 8.02. The Morgan fingerprint density at radius 1 is 0.680 bits per heavy atom. The Morgan fingerprint density at radius 2 is 1.32 bits per heavy atom. The molecule has 0 aromatic carbocycles. The topological polar surface area (TPSA) is 16.1 Å². The van der Waals surface area contributed by atoms with Crippen LogP contribution in [0.2, 0.25) is 0 Å². The minimum atomic E-state index is 1.07. The van der Waals surface area contributed by atoms with Gasteiger partial charge in [-0.05, 0) is 34.0 Å². The molecule has 4 aliphatic rings. The molecule has 0 saturated heterocycles. The van der Waals surface area contributed by atoms with Crippen molar-refractivity contribution in [2.45, 2.75) is 0 Å². The largest absolute Gasteiger partial charge is 0.306 e. The van der Waals surface area contributed by atoms with Crippen LogP contribution in [-0.2, 0) is 0 Å². The molecule has 3 heterocycles. The molecule has 0 amide bonds. The van der Waals surface area contributed by atoms with Gasteiger partial charge >= 0.3 is 0 Å². The summed E-state index contributed by atoms with van der Waals surface area (Å²) in [5.74, 6) is 0. The van der Waals surface area contributed by atoms with Crippen molar-refractivity contribution >= 4 is 39.7 Å². The Hall–Kier alpha value is -2.69. The van der Waals surface area contributed by atoms with Gasteiger partial charge in [0, 0.05) is 28.1 Å². The summed E-state index contributed by atoms with van der Waals surface area (Å²) < 4.78 is 0. The molecule has 0 saturated carbocycles. The fourth-order valence-corrected chi connectivity index (χ4v) is 4.81. The number of hydrogen-bond acceptors (Lipinski definition) is 4. The third-order valence-electron chi connectivity index (χ3n) is 4.39. The van der Waals surface area contributed by atoms with Crippen LogP contribution in [0.3, 0.4) is 0 Å². The average Bonchev–Trinajstić information content (AvgIpc) is 3.33. The van der Waals surface area contributed by atoms with Crippen molar-refractivity contribution < 1.29 is 0 Å². The summed E-state index contributed by atoms with van der Waals surface area (Å²) in [5.41, 5.74) is 8.53. The molecule has 120 valence electrons. The van der Waals surface area contributed by atoms with E-state index in [2.05, 4.69) is 73.9 Å². The first-order valence-corrected chi connectivity index (χ1v) is 9.90. The zero-order valence-electron chi connectivity index (χ0n) is 13.3. The number of fused-ring (bicyclic) bond motifs is 2. The average molecular weight is 358 g/mol. The van der Waals surface area contributed by atoms with Crippen molar-refractivity contribution in [1.29, 1.82) is 0 Å². The highest BCUT2D eigenvalue weighted by Crippen LogP contribution is 2.46. The number of rotatable bonds is 3. The first kappa shape index (κ1) is 14.6. The van der Waals surface area contributed by atoms with Crippen LogP contribution >= 0.6 is 22.7 Å². The van der Waals surface area contributed by atoms with Gasteiger partial charge in [0.05, 0.1) is 23.3 Å². The van der Waals surface area contributed by atoms with Gasteiger partial charge in [0.1, 0.15) is 0 Å². The van der Waals surface area contributed by atoms with E-state index in [1.165, 1.54) is 33.6 Å². The number of hydrogen-bond donors (Lipinski definition) is 0. The van der Waals surface area contributed by atoms with Crippen molar-refractivity contribution in [2.24, 2.45) is 0 Å². The highest BCUT2D eigenvalue weighted by molar-refractivity contribution is 7.08. The second-order valence-electron chi connectivity index (χ2n) is 5.85. The molecule has 0 radical (unpaired) electrons. The first-order chi connectivity index (χ1) is 12.4. The number of pyridine rings is 1. The quantitative estimate of drug-likeness (QED) is 0.349. The zero-order chi connectivity index (χ0) is 16.6. The molecule has 4 heteroatoms. The smallest absolute Gasteiger partial charge is 0.0646 e. The predicted molar refractivity (Wildman–Crippen MR) is 108 cm³/mol. The second kappa shape index (κ2) is 5.99. The Bertz CT molecular complexity index is 997. The van der Waals surface area contributed by atoms with E-state index in [0.717, 1.165) is 5.69 Å². The maximum absolute atomic E-state index is 4.36. The highest BCUT2D eigenvalue weighted by atomic mass is 32.1. The standard InChI is InChI=1S/C21H14N2S2/c1-4-15-11-24-13-20(18(15)7-1)23(17-6-3-9-22-10-17)21-14-25-12-16-5-2-8-19(16)21/h1-14H. The summed E-state index contributed by atoms with van der Waals surface area (Å²) >= 11 is 3.46. The van der Waals surface area contributed by atoms with Crippen LogP contribution in [0.4, 0.5) is 17.1 Å². The van der Waals surface area contributed by atoms with Crippen molar-refractivity contribution in [2.75, 3.05) is 4.90 Å². The van der Waals surface area contributed by atoms with E-state index in [0.29, 0.717) is 0 Å². The minimum Gasteiger partial charge on any atom is -0.306 e. The Balaban J connectivity index is 1.79. The molecule has 2 aliphatic carbocycles. The van der Waals surface area contributed by atoms with Gasteiger partial charge in [0.25, 0.3) is 0 Å². The lowest BCUT2D eigenvalue weighted by Gasteiger charge is -2.28. The van der Waals surface area contributed by atoms with Gasteiger partial charge in [-0.3, -0.25) is 4.98 Å². The third kappa shape index (κ3) is 2.42. The molecule has 0 N–H and O–H groups in total. The van der Waals surface area contributed by atoms with Crippen LogP contribution in [0.5, 0.6) is 0 Å². The van der Waals surface area contributed by atoms with E-state index in [1.54, 1.807) is 22.7 Å². The van der Waals surface area contributed by atoms with E-state index in [-0.39, 0.29) is 0 Å². The van der Waals surface area contributed by atoms with Crippen LogP contribution in [0.15, 0.2) is 82.4 Å². The number of aromatic nitrogens is 1. The molecular formula is C21H14N2S2. The van der Waals surface area contributed by atoms with Gasteiger partial charge in [0.15, 0.2) is 0 Å².